The molecule has 3 aromatic heterocycles. The van der Waals surface area contributed by atoms with Crippen LogP contribution in [0.15, 0.2) is 45.9 Å². The maximum absolute atomic E-state index is 5.27. The minimum atomic E-state index is 0.483. The summed E-state index contributed by atoms with van der Waals surface area (Å²) in [5, 5.41) is 22.4. The van der Waals surface area contributed by atoms with Gasteiger partial charge in [-0.2, -0.15) is 16.3 Å². The lowest BCUT2D eigenvalue weighted by atomic mass is 10.2. The lowest BCUT2D eigenvalue weighted by Crippen LogP contribution is -2.03. The summed E-state index contributed by atoms with van der Waals surface area (Å²) in [6, 6.07) is 7.90. The summed E-state index contributed by atoms with van der Waals surface area (Å²) in [6.07, 6.45) is 1.57. The molecule has 1 aromatic carbocycles. The highest BCUT2D eigenvalue weighted by atomic mass is 32.1. The van der Waals surface area contributed by atoms with Crippen LogP contribution < -0.4 is 5.32 Å². The molecule has 0 unspecified atom stereocenters. The molecule has 4 aromatic rings. The van der Waals surface area contributed by atoms with Crippen LogP contribution in [0.4, 0.5) is 5.69 Å². The Morgan fingerprint density at radius 3 is 3.00 bits per heavy atom. The lowest BCUT2D eigenvalue weighted by molar-refractivity contribution is 0.423. The van der Waals surface area contributed by atoms with Crippen molar-refractivity contribution in [3.05, 3.63) is 52.7 Å². The van der Waals surface area contributed by atoms with Crippen molar-refractivity contribution in [2.45, 2.75) is 13.5 Å². The number of aryl methyl sites for hydroxylation is 1. The molecule has 0 saturated carbocycles. The molecule has 0 spiro atoms. The molecule has 3 heterocycles. The number of aromatic nitrogens is 6. The number of rotatable bonds is 5. The third-order valence-electron chi connectivity index (χ3n) is 3.48. The summed E-state index contributed by atoms with van der Waals surface area (Å²) < 4.78 is 6.90. The van der Waals surface area contributed by atoms with Crippen molar-refractivity contribution in [3.8, 4) is 17.1 Å². The van der Waals surface area contributed by atoms with Crippen molar-refractivity contribution in [1.29, 1.82) is 0 Å². The minimum Gasteiger partial charge on any atom is -0.378 e. The van der Waals surface area contributed by atoms with E-state index in [0.717, 1.165) is 22.5 Å². The van der Waals surface area contributed by atoms with Gasteiger partial charge in [-0.05, 0) is 52.6 Å². The molecule has 0 aliphatic rings. The molecular weight excluding hydrogens is 326 g/mol. The van der Waals surface area contributed by atoms with Crippen LogP contribution in [0.3, 0.4) is 0 Å². The summed E-state index contributed by atoms with van der Waals surface area (Å²) in [4.78, 5) is 4.38. The molecule has 120 valence electrons. The zero-order valence-corrected chi connectivity index (χ0v) is 13.6. The van der Waals surface area contributed by atoms with Gasteiger partial charge in [0.15, 0.2) is 5.82 Å². The van der Waals surface area contributed by atoms with E-state index >= 15 is 0 Å². The number of benzene rings is 1. The molecule has 0 atom stereocenters. The fourth-order valence-corrected chi connectivity index (χ4v) is 2.93. The Bertz CT molecular complexity index is 931. The van der Waals surface area contributed by atoms with Gasteiger partial charge >= 0.3 is 0 Å². The Labute approximate surface area is 141 Å². The molecular formula is C15H13N7OS. The van der Waals surface area contributed by atoms with E-state index in [2.05, 4.69) is 31.0 Å². The number of tetrazole rings is 1. The van der Waals surface area contributed by atoms with E-state index in [-0.39, 0.29) is 0 Å². The van der Waals surface area contributed by atoms with Gasteiger partial charge in [0.05, 0.1) is 17.8 Å². The van der Waals surface area contributed by atoms with Gasteiger partial charge < -0.3 is 9.84 Å². The van der Waals surface area contributed by atoms with Crippen LogP contribution in [0.2, 0.25) is 0 Å². The molecule has 1 N–H and O–H groups in total. The van der Waals surface area contributed by atoms with E-state index < -0.39 is 0 Å². The highest BCUT2D eigenvalue weighted by Crippen LogP contribution is 2.21. The number of nitrogens with one attached hydrogen (secondary N) is 1. The molecule has 0 radical (unpaired) electrons. The summed E-state index contributed by atoms with van der Waals surface area (Å²) in [5.41, 5.74) is 3.90. The van der Waals surface area contributed by atoms with Crippen molar-refractivity contribution < 1.29 is 4.52 Å². The Morgan fingerprint density at radius 2 is 2.25 bits per heavy atom. The van der Waals surface area contributed by atoms with Crippen LogP contribution in [0.25, 0.3) is 17.1 Å². The first-order valence-corrected chi connectivity index (χ1v) is 8.17. The Morgan fingerprint density at radius 1 is 1.29 bits per heavy atom. The van der Waals surface area contributed by atoms with Crippen molar-refractivity contribution in [3.63, 3.8) is 0 Å². The van der Waals surface area contributed by atoms with Gasteiger partial charge in [-0.15, -0.1) is 5.10 Å². The fourth-order valence-electron chi connectivity index (χ4n) is 2.30. The van der Waals surface area contributed by atoms with Crippen LogP contribution in [0, 0.1) is 6.92 Å². The number of thiophene rings is 1. The average molecular weight is 339 g/mol. The fraction of sp³-hybridized carbons (Fsp3) is 0.133. The predicted octanol–water partition coefficient (Wildman–Crippen LogP) is 2.69. The second kappa shape index (κ2) is 6.20. The highest BCUT2D eigenvalue weighted by molar-refractivity contribution is 7.08. The average Bonchev–Trinajstić information content (AvgIpc) is 3.33. The normalized spacial score (nSPS) is 10.9. The van der Waals surface area contributed by atoms with Crippen LogP contribution in [0.5, 0.6) is 0 Å². The smallest absolute Gasteiger partial charge is 0.258 e. The summed E-state index contributed by atoms with van der Waals surface area (Å²) in [5.74, 6) is 1.15. The molecule has 8 nitrogen and oxygen atoms in total. The Kier molecular flexibility index (Phi) is 3.75. The molecule has 24 heavy (non-hydrogen) atoms. The van der Waals surface area contributed by atoms with Gasteiger partial charge in [0.2, 0.25) is 0 Å². The number of hydrogen-bond donors (Lipinski definition) is 1. The largest absolute Gasteiger partial charge is 0.378 e. The second-order valence-corrected chi connectivity index (χ2v) is 5.92. The highest BCUT2D eigenvalue weighted by Gasteiger charge is 2.09. The van der Waals surface area contributed by atoms with E-state index in [0.29, 0.717) is 18.3 Å². The van der Waals surface area contributed by atoms with Gasteiger partial charge in [0, 0.05) is 11.1 Å². The summed E-state index contributed by atoms with van der Waals surface area (Å²) >= 11 is 1.60. The molecule has 4 rings (SSSR count). The maximum atomic E-state index is 5.27. The van der Waals surface area contributed by atoms with Crippen LogP contribution >= 0.6 is 11.3 Å². The summed E-state index contributed by atoms with van der Waals surface area (Å²) in [6.45, 7) is 2.49. The predicted molar refractivity (Wildman–Crippen MR) is 88.8 cm³/mol. The van der Waals surface area contributed by atoms with Gasteiger partial charge in [-0.1, -0.05) is 5.16 Å². The zero-order chi connectivity index (χ0) is 16.4. The first-order chi connectivity index (χ1) is 11.8. The van der Waals surface area contributed by atoms with E-state index in [1.807, 2.05) is 41.9 Å². The van der Waals surface area contributed by atoms with E-state index in [4.69, 9.17) is 4.52 Å². The van der Waals surface area contributed by atoms with Crippen molar-refractivity contribution in [2.75, 3.05) is 5.32 Å². The molecule has 0 aliphatic carbocycles. The Balaban J connectivity index is 1.45. The van der Waals surface area contributed by atoms with Crippen molar-refractivity contribution in [1.82, 2.24) is 30.3 Å². The van der Waals surface area contributed by atoms with Crippen molar-refractivity contribution >= 4 is 17.0 Å². The standard InChI is InChI=1S/C15H13N7OS/c1-10-6-12(2-3-13(10)22-9-17-20-21-22)16-7-14-18-15(23-19-14)11-4-5-24-8-11/h2-6,8-9,16H,7H2,1H3. The SMILES string of the molecule is Cc1cc(NCc2noc(-c3ccsc3)n2)ccc1-n1cnnn1. The van der Waals surface area contributed by atoms with Gasteiger partial charge in [0.25, 0.3) is 5.89 Å². The molecule has 0 amide bonds. The van der Waals surface area contributed by atoms with Crippen molar-refractivity contribution in [2.24, 2.45) is 0 Å². The van der Waals surface area contributed by atoms with E-state index in [9.17, 15) is 0 Å². The van der Waals surface area contributed by atoms with Gasteiger partial charge in [-0.25, -0.2) is 4.68 Å². The third kappa shape index (κ3) is 2.88. The second-order valence-electron chi connectivity index (χ2n) is 5.14. The van der Waals surface area contributed by atoms with E-state index in [1.165, 1.54) is 0 Å². The molecule has 0 saturated heterocycles. The van der Waals surface area contributed by atoms with Crippen LogP contribution in [-0.4, -0.2) is 30.3 Å². The number of anilines is 1. The monoisotopic (exact) mass is 339 g/mol. The zero-order valence-electron chi connectivity index (χ0n) is 12.7. The van der Waals surface area contributed by atoms with E-state index in [1.54, 1.807) is 22.3 Å². The minimum absolute atomic E-state index is 0.483. The van der Waals surface area contributed by atoms with Crippen LogP contribution in [-0.2, 0) is 6.54 Å². The third-order valence-corrected chi connectivity index (χ3v) is 4.16. The number of hydrogen-bond acceptors (Lipinski definition) is 8. The first kappa shape index (κ1) is 14.5. The molecule has 9 heteroatoms. The quantitative estimate of drug-likeness (QED) is 0.597. The number of nitrogens with zero attached hydrogens (tertiary/aromatic N) is 6. The first-order valence-electron chi connectivity index (χ1n) is 7.22. The van der Waals surface area contributed by atoms with Gasteiger partial charge in [0.1, 0.15) is 6.33 Å². The summed E-state index contributed by atoms with van der Waals surface area (Å²) in [7, 11) is 0. The van der Waals surface area contributed by atoms with Gasteiger partial charge in [-0.3, -0.25) is 0 Å². The molecule has 0 aliphatic heterocycles. The van der Waals surface area contributed by atoms with Crippen LogP contribution in [0.1, 0.15) is 11.4 Å². The maximum Gasteiger partial charge on any atom is 0.258 e. The molecule has 0 bridgehead atoms. The lowest BCUT2D eigenvalue weighted by Gasteiger charge is -2.08. The Hall–Kier alpha value is -3.07. The topological polar surface area (TPSA) is 94.6 Å². The molecule has 0 fully saturated rings.